The van der Waals surface area contributed by atoms with Crippen LogP contribution in [0.25, 0.3) is 11.3 Å². The number of hydrogen-bond acceptors (Lipinski definition) is 3. The van der Waals surface area contributed by atoms with E-state index < -0.39 is 0 Å². The number of ether oxygens (including phenoxy) is 1. The minimum absolute atomic E-state index is 0.0308. The molecule has 3 aromatic rings. The second-order valence-corrected chi connectivity index (χ2v) is 7.40. The maximum absolute atomic E-state index is 12.5. The lowest BCUT2D eigenvalue weighted by atomic mass is 10.1. The van der Waals surface area contributed by atoms with E-state index in [1.54, 1.807) is 0 Å². The van der Waals surface area contributed by atoms with Crippen LogP contribution < -0.4 is 10.1 Å². The Bertz CT molecular complexity index is 963. The summed E-state index contributed by atoms with van der Waals surface area (Å²) in [5, 5.41) is 2.98. The maximum atomic E-state index is 12.5. The third kappa shape index (κ3) is 4.09. The molecule has 0 unspecified atom stereocenters. The molecule has 2 heterocycles. The Morgan fingerprint density at radius 2 is 1.93 bits per heavy atom. The Hall–Kier alpha value is -3.08. The number of aromatic nitrogens is 2. The number of nitrogens with one attached hydrogen (secondary N) is 1. The molecule has 1 amide bonds. The van der Waals surface area contributed by atoms with Crippen molar-refractivity contribution in [3.63, 3.8) is 0 Å². The molecule has 5 nitrogen and oxygen atoms in total. The average Bonchev–Trinajstić information content (AvgIpc) is 3.10. The zero-order chi connectivity index (χ0) is 19.5. The van der Waals surface area contributed by atoms with Gasteiger partial charge in [-0.1, -0.05) is 24.3 Å². The summed E-state index contributed by atoms with van der Waals surface area (Å²) in [6.07, 6.45) is 5.48. The smallest absolute Gasteiger partial charge is 0.262 e. The summed E-state index contributed by atoms with van der Waals surface area (Å²) in [5.41, 5.74) is 4.83. The lowest BCUT2D eigenvalue weighted by Crippen LogP contribution is -2.20. The number of nitrogens with zero attached hydrogens (tertiary/aromatic N) is 2. The first-order valence-electron chi connectivity index (χ1n) is 9.75. The highest BCUT2D eigenvalue weighted by Gasteiger charge is 2.16. The van der Waals surface area contributed by atoms with Crippen LogP contribution in [0.3, 0.4) is 0 Å². The van der Waals surface area contributed by atoms with Gasteiger partial charge in [-0.25, -0.2) is 4.98 Å². The van der Waals surface area contributed by atoms with E-state index in [0.29, 0.717) is 5.75 Å². The maximum Gasteiger partial charge on any atom is 0.262 e. The van der Waals surface area contributed by atoms with Crippen molar-refractivity contribution in [2.75, 3.05) is 11.9 Å². The number of para-hydroxylation sites is 1. The van der Waals surface area contributed by atoms with Crippen molar-refractivity contribution in [3.05, 3.63) is 65.6 Å². The van der Waals surface area contributed by atoms with Gasteiger partial charge in [0, 0.05) is 24.7 Å². The lowest BCUT2D eigenvalue weighted by Gasteiger charge is -2.11. The van der Waals surface area contributed by atoms with Gasteiger partial charge in [0.05, 0.1) is 11.4 Å². The second-order valence-electron chi connectivity index (χ2n) is 7.40. The van der Waals surface area contributed by atoms with Crippen molar-refractivity contribution in [1.29, 1.82) is 0 Å². The van der Waals surface area contributed by atoms with Crippen LogP contribution in [0.1, 0.15) is 29.8 Å². The highest BCUT2D eigenvalue weighted by atomic mass is 16.5. The highest BCUT2D eigenvalue weighted by molar-refractivity contribution is 5.95. The van der Waals surface area contributed by atoms with Gasteiger partial charge < -0.3 is 14.6 Å². The number of fused-ring (bicyclic) bond motifs is 1. The number of hydrogen-bond donors (Lipinski definition) is 1. The minimum atomic E-state index is -0.185. The third-order valence-corrected chi connectivity index (χ3v) is 4.95. The van der Waals surface area contributed by atoms with Crippen molar-refractivity contribution in [3.8, 4) is 17.0 Å². The molecule has 144 valence electrons. The van der Waals surface area contributed by atoms with Crippen LogP contribution in [0.2, 0.25) is 0 Å². The molecule has 1 aliphatic heterocycles. The molecule has 0 aliphatic carbocycles. The predicted octanol–water partition coefficient (Wildman–Crippen LogP) is 4.52. The fraction of sp³-hybridized carbons (Fsp3) is 0.304. The summed E-state index contributed by atoms with van der Waals surface area (Å²) in [6.45, 7) is 5.01. The summed E-state index contributed by atoms with van der Waals surface area (Å²) in [6, 6.07) is 13.7. The SMILES string of the molecule is Cc1cc(C)cc(OCC(=O)Nc2ccccc2-c2cn3c(n2)CCCC3)c1. The van der Waals surface area contributed by atoms with Gasteiger partial charge in [-0.15, -0.1) is 0 Å². The number of carbonyl (C=O) groups excluding carboxylic acids is 1. The molecule has 0 spiro atoms. The van der Waals surface area contributed by atoms with Gasteiger partial charge in [0.2, 0.25) is 0 Å². The van der Waals surface area contributed by atoms with Gasteiger partial charge in [-0.05, 0) is 56.0 Å². The predicted molar refractivity (Wildman–Crippen MR) is 111 cm³/mol. The first-order valence-corrected chi connectivity index (χ1v) is 9.75. The van der Waals surface area contributed by atoms with Crippen molar-refractivity contribution in [2.24, 2.45) is 0 Å². The highest BCUT2D eigenvalue weighted by Crippen LogP contribution is 2.29. The van der Waals surface area contributed by atoms with E-state index in [9.17, 15) is 4.79 Å². The fourth-order valence-corrected chi connectivity index (χ4v) is 3.71. The van der Waals surface area contributed by atoms with Crippen LogP contribution in [0.4, 0.5) is 5.69 Å². The number of aryl methyl sites for hydroxylation is 4. The second kappa shape index (κ2) is 7.89. The molecule has 1 aliphatic rings. The van der Waals surface area contributed by atoms with E-state index in [2.05, 4.69) is 22.1 Å². The van der Waals surface area contributed by atoms with Gasteiger partial charge in [0.1, 0.15) is 11.6 Å². The van der Waals surface area contributed by atoms with Crippen LogP contribution in [0.5, 0.6) is 5.75 Å². The number of amides is 1. The molecule has 0 bridgehead atoms. The minimum Gasteiger partial charge on any atom is -0.484 e. The average molecular weight is 375 g/mol. The normalized spacial score (nSPS) is 13.1. The van der Waals surface area contributed by atoms with Gasteiger partial charge >= 0.3 is 0 Å². The largest absolute Gasteiger partial charge is 0.484 e. The molecule has 0 saturated carbocycles. The van der Waals surface area contributed by atoms with Gasteiger partial charge in [0.15, 0.2) is 6.61 Å². The van der Waals surface area contributed by atoms with E-state index in [-0.39, 0.29) is 12.5 Å². The van der Waals surface area contributed by atoms with E-state index in [1.807, 2.05) is 50.2 Å². The van der Waals surface area contributed by atoms with Crippen molar-refractivity contribution in [1.82, 2.24) is 9.55 Å². The Labute approximate surface area is 165 Å². The first kappa shape index (κ1) is 18.3. The molecule has 0 atom stereocenters. The zero-order valence-electron chi connectivity index (χ0n) is 16.4. The van der Waals surface area contributed by atoms with E-state index in [4.69, 9.17) is 9.72 Å². The Morgan fingerprint density at radius 1 is 1.14 bits per heavy atom. The summed E-state index contributed by atoms with van der Waals surface area (Å²) >= 11 is 0. The lowest BCUT2D eigenvalue weighted by molar-refractivity contribution is -0.118. The monoisotopic (exact) mass is 375 g/mol. The molecule has 28 heavy (non-hydrogen) atoms. The Morgan fingerprint density at radius 3 is 2.71 bits per heavy atom. The third-order valence-electron chi connectivity index (χ3n) is 4.95. The number of anilines is 1. The van der Waals surface area contributed by atoms with Crippen LogP contribution in [0.15, 0.2) is 48.7 Å². The molecular formula is C23H25N3O2. The number of rotatable bonds is 5. The van der Waals surface area contributed by atoms with Crippen LogP contribution in [-0.2, 0) is 17.8 Å². The topological polar surface area (TPSA) is 56.1 Å². The molecule has 4 rings (SSSR count). The molecule has 1 N–H and O–H groups in total. The van der Waals surface area contributed by atoms with Gasteiger partial charge in [-0.3, -0.25) is 4.79 Å². The Kier molecular flexibility index (Phi) is 5.15. The Balaban J connectivity index is 1.47. The molecule has 0 fully saturated rings. The van der Waals surface area contributed by atoms with Crippen molar-refractivity contribution < 1.29 is 9.53 Å². The number of carbonyl (C=O) groups is 1. The first-order chi connectivity index (χ1) is 13.6. The summed E-state index contributed by atoms with van der Waals surface area (Å²) in [5.74, 6) is 1.65. The molecule has 0 radical (unpaired) electrons. The van der Waals surface area contributed by atoms with E-state index in [0.717, 1.165) is 46.9 Å². The zero-order valence-corrected chi connectivity index (χ0v) is 16.4. The number of imidazole rings is 1. The molecule has 5 heteroatoms. The van der Waals surface area contributed by atoms with Crippen molar-refractivity contribution >= 4 is 11.6 Å². The fourth-order valence-electron chi connectivity index (χ4n) is 3.71. The van der Waals surface area contributed by atoms with E-state index >= 15 is 0 Å². The van der Waals surface area contributed by atoms with Crippen LogP contribution in [-0.4, -0.2) is 22.1 Å². The standard InChI is InChI=1S/C23H25N3O2/c1-16-11-17(2)13-18(12-16)28-15-23(27)25-20-8-4-3-7-19(20)21-14-26-10-6-5-9-22(26)24-21/h3-4,7-8,11-14H,5-6,9-10,15H2,1-2H3,(H,25,27). The molecule has 2 aromatic carbocycles. The van der Waals surface area contributed by atoms with Crippen molar-refractivity contribution in [2.45, 2.75) is 39.7 Å². The van der Waals surface area contributed by atoms with Crippen LogP contribution >= 0.6 is 0 Å². The van der Waals surface area contributed by atoms with E-state index in [1.165, 1.54) is 12.8 Å². The summed E-state index contributed by atoms with van der Waals surface area (Å²) < 4.78 is 7.90. The van der Waals surface area contributed by atoms with Crippen LogP contribution in [0, 0.1) is 13.8 Å². The summed E-state index contributed by atoms with van der Waals surface area (Å²) in [7, 11) is 0. The molecule has 1 aromatic heterocycles. The molecule has 0 saturated heterocycles. The van der Waals surface area contributed by atoms with Gasteiger partial charge in [-0.2, -0.15) is 0 Å². The number of benzene rings is 2. The summed E-state index contributed by atoms with van der Waals surface area (Å²) in [4.78, 5) is 17.3. The molecular weight excluding hydrogens is 350 g/mol. The van der Waals surface area contributed by atoms with Gasteiger partial charge in [0.25, 0.3) is 5.91 Å². The quantitative estimate of drug-likeness (QED) is 0.713.